The first-order valence-electron chi connectivity index (χ1n) is 14.8. The molecule has 5 rings (SSSR count). The molecule has 3 fully saturated rings. The van der Waals surface area contributed by atoms with Gasteiger partial charge in [-0.25, -0.2) is 0 Å². The van der Waals surface area contributed by atoms with Crippen molar-refractivity contribution in [2.75, 3.05) is 7.11 Å². The van der Waals surface area contributed by atoms with E-state index in [1.165, 1.54) is 7.11 Å². The van der Waals surface area contributed by atoms with E-state index in [0.29, 0.717) is 19.3 Å². The summed E-state index contributed by atoms with van der Waals surface area (Å²) in [5, 5.41) is 9.87. The standard InChI is InChI=1S/C32H43NO4/c1-27(2)11-13-32(26(36)37-8)14-12-31(7)24(20(32)17-27)21(34)15-23-29(5)16-19(18-33)25(35)28(3,4)22(29)9-10-30(23,31)6/h15-16,20,22,24H,9-14,17H2,1-8H3/t20-,22-,24-,29-,30+,31+,32-/m0/s1/i11D2. The molecule has 5 aliphatic rings. The summed E-state index contributed by atoms with van der Waals surface area (Å²) in [5.74, 6) is -1.32. The highest BCUT2D eigenvalue weighted by Crippen LogP contribution is 2.74. The van der Waals surface area contributed by atoms with Gasteiger partial charge in [0.15, 0.2) is 11.6 Å². The lowest BCUT2D eigenvalue weighted by Crippen LogP contribution is -2.65. The highest BCUT2D eigenvalue weighted by molar-refractivity contribution is 6.04. The van der Waals surface area contributed by atoms with Crippen LogP contribution in [-0.4, -0.2) is 24.6 Å². The minimum atomic E-state index is -1.57. The van der Waals surface area contributed by atoms with Crippen LogP contribution in [0.2, 0.25) is 0 Å². The Kier molecular flexibility index (Phi) is 4.95. The first kappa shape index (κ1) is 23.9. The van der Waals surface area contributed by atoms with Crippen molar-refractivity contribution in [3.8, 4) is 6.07 Å². The van der Waals surface area contributed by atoms with Gasteiger partial charge in [0.25, 0.3) is 0 Å². The number of esters is 1. The average molecular weight is 508 g/mol. The lowest BCUT2D eigenvalue weighted by molar-refractivity contribution is -0.191. The van der Waals surface area contributed by atoms with Gasteiger partial charge < -0.3 is 4.74 Å². The summed E-state index contributed by atoms with van der Waals surface area (Å²) in [5.41, 5.74) is -2.73. The number of hydrogen-bond acceptors (Lipinski definition) is 5. The molecule has 0 bridgehead atoms. The summed E-state index contributed by atoms with van der Waals surface area (Å²) in [6, 6.07) is 2.14. The van der Waals surface area contributed by atoms with Crippen LogP contribution in [0.3, 0.4) is 0 Å². The molecule has 5 nitrogen and oxygen atoms in total. The fraction of sp³-hybridized carbons (Fsp3) is 0.750. The number of ketones is 2. The topological polar surface area (TPSA) is 84.2 Å². The number of fused-ring (bicyclic) bond motifs is 7. The monoisotopic (exact) mass is 507 g/mol. The van der Waals surface area contributed by atoms with Gasteiger partial charge >= 0.3 is 5.97 Å². The summed E-state index contributed by atoms with van der Waals surface area (Å²) in [6.07, 6.45) is 5.26. The molecule has 0 spiro atoms. The largest absolute Gasteiger partial charge is 0.469 e. The van der Waals surface area contributed by atoms with Crippen LogP contribution in [-0.2, 0) is 19.1 Å². The third kappa shape index (κ3) is 3.11. The maximum atomic E-state index is 14.4. The number of allylic oxidation sites excluding steroid dienone is 4. The summed E-state index contributed by atoms with van der Waals surface area (Å²) in [6.45, 7) is 14.3. The molecule has 0 unspecified atom stereocenters. The number of carbonyl (C=O) groups excluding carboxylic acids is 3. The zero-order valence-corrected chi connectivity index (χ0v) is 23.7. The quantitative estimate of drug-likeness (QED) is 0.385. The van der Waals surface area contributed by atoms with E-state index in [2.05, 4.69) is 26.8 Å². The Hall–Kier alpha value is -2.22. The second kappa shape index (κ2) is 7.67. The summed E-state index contributed by atoms with van der Waals surface area (Å²) in [4.78, 5) is 41.1. The Balaban J connectivity index is 1.71. The first-order chi connectivity index (χ1) is 17.8. The molecule has 0 aromatic carbocycles. The van der Waals surface area contributed by atoms with Crippen molar-refractivity contribution in [2.24, 2.45) is 50.2 Å². The van der Waals surface area contributed by atoms with Crippen LogP contribution in [0.1, 0.15) is 96.1 Å². The van der Waals surface area contributed by atoms with Crippen molar-refractivity contribution in [1.29, 1.82) is 5.26 Å². The number of nitriles is 1. The molecular weight excluding hydrogens is 462 g/mol. The average Bonchev–Trinajstić information content (AvgIpc) is 2.83. The van der Waals surface area contributed by atoms with Crippen molar-refractivity contribution >= 4 is 17.5 Å². The van der Waals surface area contributed by atoms with E-state index >= 15 is 0 Å². The molecule has 0 heterocycles. The van der Waals surface area contributed by atoms with Crippen LogP contribution in [0.15, 0.2) is 23.3 Å². The Morgan fingerprint density at radius 3 is 2.38 bits per heavy atom. The van der Waals surface area contributed by atoms with Gasteiger partial charge in [-0.15, -0.1) is 0 Å². The van der Waals surface area contributed by atoms with E-state index in [1.54, 1.807) is 6.08 Å². The molecule has 200 valence electrons. The maximum Gasteiger partial charge on any atom is 0.312 e. The van der Waals surface area contributed by atoms with Crippen molar-refractivity contribution in [1.82, 2.24) is 0 Å². The lowest BCUT2D eigenvalue weighted by Gasteiger charge is -2.68. The van der Waals surface area contributed by atoms with Crippen molar-refractivity contribution in [3.63, 3.8) is 0 Å². The summed E-state index contributed by atoms with van der Waals surface area (Å²) < 4.78 is 23.1. The normalized spacial score (nSPS) is 47.8. The minimum absolute atomic E-state index is 0.00953. The Morgan fingerprint density at radius 1 is 1.08 bits per heavy atom. The molecule has 3 saturated carbocycles. The first-order valence-corrected chi connectivity index (χ1v) is 13.8. The van der Waals surface area contributed by atoms with E-state index in [1.807, 2.05) is 33.8 Å². The van der Waals surface area contributed by atoms with E-state index in [4.69, 9.17) is 7.48 Å². The number of Topliss-reactive ketones (excluding diaryl/α,β-unsaturated/α-hetero) is 1. The van der Waals surface area contributed by atoms with Crippen LogP contribution < -0.4 is 0 Å². The fourth-order valence-corrected chi connectivity index (χ4v) is 9.83. The zero-order chi connectivity index (χ0) is 29.2. The van der Waals surface area contributed by atoms with Gasteiger partial charge in [-0.3, -0.25) is 14.4 Å². The number of methoxy groups -OCH3 is 1. The molecule has 0 aromatic rings. The number of nitrogens with zero attached hydrogens (tertiary/aromatic N) is 1. The number of hydrogen-bond donors (Lipinski definition) is 0. The predicted octanol–water partition coefficient (Wildman–Crippen LogP) is 6.38. The zero-order valence-electron chi connectivity index (χ0n) is 25.7. The highest BCUT2D eigenvalue weighted by Gasteiger charge is 2.71. The fourth-order valence-electron chi connectivity index (χ4n) is 9.83. The smallest absolute Gasteiger partial charge is 0.312 e. The molecule has 0 aromatic heterocycles. The van der Waals surface area contributed by atoms with Gasteiger partial charge in [0, 0.05) is 19.5 Å². The summed E-state index contributed by atoms with van der Waals surface area (Å²) in [7, 11) is 1.37. The third-order valence-electron chi connectivity index (χ3n) is 12.0. The molecule has 0 radical (unpaired) electrons. The number of carbonyl (C=O) groups is 3. The van der Waals surface area contributed by atoms with Gasteiger partial charge in [0.1, 0.15) is 6.07 Å². The Morgan fingerprint density at radius 2 is 1.76 bits per heavy atom. The van der Waals surface area contributed by atoms with Crippen LogP contribution in [0, 0.1) is 61.6 Å². The second-order valence-corrected chi connectivity index (χ2v) is 14.5. The molecule has 5 heteroatoms. The molecule has 0 aliphatic heterocycles. The van der Waals surface area contributed by atoms with Gasteiger partial charge in [0.05, 0.1) is 18.1 Å². The summed E-state index contributed by atoms with van der Waals surface area (Å²) >= 11 is 0. The third-order valence-corrected chi connectivity index (χ3v) is 12.0. The van der Waals surface area contributed by atoms with E-state index in [-0.39, 0.29) is 40.8 Å². The highest BCUT2D eigenvalue weighted by atomic mass is 16.5. The van der Waals surface area contributed by atoms with Gasteiger partial charge in [-0.1, -0.05) is 60.1 Å². The lowest BCUT2D eigenvalue weighted by atomic mass is 9.34. The van der Waals surface area contributed by atoms with Crippen LogP contribution in [0.25, 0.3) is 0 Å². The number of rotatable bonds is 1. The molecule has 0 amide bonds. The molecular formula is C32H43NO4. The van der Waals surface area contributed by atoms with Gasteiger partial charge in [-0.05, 0) is 79.1 Å². The maximum absolute atomic E-state index is 14.4. The SMILES string of the molecule is [2H]C1([2H])C[C@]2(C(=O)OC)CC[C@]3(C)[C@H](C(=O)C=C4[C@@]5(C)C=C(C#N)C(=O)C(C)(C)[C@@H]5CC[C@]43C)[C@@H]2CC1(C)C. The number of ether oxygens (including phenoxy) is 1. The molecule has 0 saturated heterocycles. The molecule has 5 aliphatic carbocycles. The molecule has 0 N–H and O–H groups in total. The molecule has 37 heavy (non-hydrogen) atoms. The van der Waals surface area contributed by atoms with Crippen molar-refractivity contribution in [3.05, 3.63) is 23.3 Å². The Labute approximate surface area is 224 Å². The van der Waals surface area contributed by atoms with Crippen LogP contribution >= 0.6 is 0 Å². The Bertz CT molecular complexity index is 1290. The van der Waals surface area contributed by atoms with E-state index in [9.17, 15) is 19.6 Å². The van der Waals surface area contributed by atoms with E-state index in [0.717, 1.165) is 18.4 Å². The van der Waals surface area contributed by atoms with Gasteiger partial charge in [0.2, 0.25) is 0 Å². The van der Waals surface area contributed by atoms with Crippen molar-refractivity contribution < 1.29 is 21.9 Å². The minimum Gasteiger partial charge on any atom is -0.469 e. The molecule has 7 atom stereocenters. The van der Waals surface area contributed by atoms with E-state index < -0.39 is 45.3 Å². The predicted molar refractivity (Wildman–Crippen MR) is 141 cm³/mol. The van der Waals surface area contributed by atoms with Crippen LogP contribution in [0.5, 0.6) is 0 Å². The second-order valence-electron chi connectivity index (χ2n) is 14.5. The van der Waals surface area contributed by atoms with Gasteiger partial charge in [-0.2, -0.15) is 5.26 Å². The van der Waals surface area contributed by atoms with Crippen LogP contribution in [0.4, 0.5) is 0 Å². The van der Waals surface area contributed by atoms with Crippen molar-refractivity contribution in [2.45, 2.75) is 93.4 Å².